The van der Waals surface area contributed by atoms with Crippen LogP contribution in [-0.4, -0.2) is 13.7 Å². The molecule has 1 N–H and O–H groups in total. The van der Waals surface area contributed by atoms with Crippen molar-refractivity contribution in [1.82, 2.24) is 13.7 Å². The second kappa shape index (κ2) is 7.91. The van der Waals surface area contributed by atoms with Crippen molar-refractivity contribution >= 4 is 17.2 Å². The summed E-state index contributed by atoms with van der Waals surface area (Å²) in [6, 6.07) is 10.1. The Hall–Kier alpha value is -2.34. The topological polar surface area (TPSA) is 51.9 Å². The normalized spacial score (nSPS) is 11.1. The van der Waals surface area contributed by atoms with Crippen molar-refractivity contribution in [2.75, 3.05) is 5.32 Å². The molecular weight excluding hydrogens is 344 g/mol. The molecule has 3 rings (SSSR count). The van der Waals surface area contributed by atoms with E-state index in [-0.39, 0.29) is 5.56 Å². The number of nitrogens with one attached hydrogen (secondary N) is 1. The molecule has 138 valence electrons. The van der Waals surface area contributed by atoms with Gasteiger partial charge in [-0.1, -0.05) is 55.2 Å². The minimum atomic E-state index is 0.0708. The molecule has 0 saturated heterocycles. The lowest BCUT2D eigenvalue weighted by molar-refractivity contribution is 0.658. The van der Waals surface area contributed by atoms with Crippen LogP contribution < -0.4 is 10.9 Å². The first-order valence-corrected chi connectivity index (χ1v) is 9.82. The third-order valence-electron chi connectivity index (χ3n) is 4.72. The van der Waals surface area contributed by atoms with Gasteiger partial charge in [-0.2, -0.15) is 5.10 Å². The minimum Gasteiger partial charge on any atom is -0.375 e. The zero-order chi connectivity index (χ0) is 18.7. The zero-order valence-corrected chi connectivity index (χ0v) is 16.7. The van der Waals surface area contributed by atoms with Crippen molar-refractivity contribution in [3.63, 3.8) is 0 Å². The number of benzene rings is 1. The van der Waals surface area contributed by atoms with E-state index in [9.17, 15) is 4.79 Å². The Morgan fingerprint density at radius 1 is 1.19 bits per heavy atom. The van der Waals surface area contributed by atoms with Crippen molar-refractivity contribution in [3.8, 4) is 10.4 Å². The highest BCUT2D eigenvalue weighted by Crippen LogP contribution is 2.31. The Balaban J connectivity index is 1.96. The lowest BCUT2D eigenvalue weighted by atomic mass is 10.1. The number of unbranched alkanes of at least 4 members (excludes halogenated alkanes) is 1. The van der Waals surface area contributed by atoms with Gasteiger partial charge in [-0.05, 0) is 25.8 Å². The van der Waals surface area contributed by atoms with E-state index in [1.54, 1.807) is 11.5 Å². The van der Waals surface area contributed by atoms with Crippen LogP contribution in [0.15, 0.2) is 35.1 Å². The molecule has 0 atom stereocenters. The fourth-order valence-corrected chi connectivity index (χ4v) is 4.17. The zero-order valence-electron chi connectivity index (χ0n) is 15.9. The molecule has 0 radical (unpaired) electrons. The van der Waals surface area contributed by atoms with Gasteiger partial charge in [-0.15, -0.1) is 0 Å². The van der Waals surface area contributed by atoms with Gasteiger partial charge in [0.15, 0.2) is 0 Å². The summed E-state index contributed by atoms with van der Waals surface area (Å²) in [5, 5.41) is 7.88. The lowest BCUT2D eigenvalue weighted by Crippen LogP contribution is -2.17. The van der Waals surface area contributed by atoms with Gasteiger partial charge in [-0.25, -0.2) is 0 Å². The number of aryl methyl sites for hydroxylation is 3. The molecule has 0 saturated carbocycles. The third-order valence-corrected chi connectivity index (χ3v) is 5.91. The van der Waals surface area contributed by atoms with Gasteiger partial charge in [0.1, 0.15) is 5.69 Å². The first kappa shape index (κ1) is 18.5. The summed E-state index contributed by atoms with van der Waals surface area (Å²) in [5.41, 5.74) is 5.11. The maximum atomic E-state index is 13.0. The maximum Gasteiger partial charge on any atom is 0.284 e. The summed E-state index contributed by atoms with van der Waals surface area (Å²) in [6.07, 6.45) is 2.08. The summed E-state index contributed by atoms with van der Waals surface area (Å²) < 4.78 is 3.76. The van der Waals surface area contributed by atoms with Crippen LogP contribution in [0.3, 0.4) is 0 Å². The molecule has 1 aromatic carbocycles. The number of rotatable bonds is 7. The molecule has 0 unspecified atom stereocenters. The minimum absolute atomic E-state index is 0.0708. The van der Waals surface area contributed by atoms with Crippen LogP contribution in [0.4, 0.5) is 5.69 Å². The van der Waals surface area contributed by atoms with E-state index in [0.717, 1.165) is 46.8 Å². The van der Waals surface area contributed by atoms with Crippen LogP contribution in [0, 0.1) is 13.8 Å². The molecule has 26 heavy (non-hydrogen) atoms. The fraction of sp³-hybridized carbons (Fsp3) is 0.400. The molecule has 2 aromatic heterocycles. The number of aromatic nitrogens is 3. The first-order chi connectivity index (χ1) is 12.5. The molecule has 2 heterocycles. The van der Waals surface area contributed by atoms with Crippen LogP contribution in [-0.2, 0) is 20.1 Å². The molecule has 0 bridgehead atoms. The fourth-order valence-electron chi connectivity index (χ4n) is 3.06. The summed E-state index contributed by atoms with van der Waals surface area (Å²) in [7, 11) is 1.95. The van der Waals surface area contributed by atoms with Crippen LogP contribution in [0.25, 0.3) is 10.4 Å². The van der Waals surface area contributed by atoms with Crippen molar-refractivity contribution in [3.05, 3.63) is 57.6 Å². The Morgan fingerprint density at radius 2 is 1.92 bits per heavy atom. The molecule has 0 aliphatic heterocycles. The second-order valence-corrected chi connectivity index (χ2v) is 7.58. The standard InChI is InChI=1S/C20H26N4OS/c1-5-6-12-24-20(25)18(19(26-24)16-10-8-7-9-11-16)21-13-17-14(2)22-23(4)15(17)3/h7-11,21H,5-6,12-13H2,1-4H3. The average molecular weight is 371 g/mol. The highest BCUT2D eigenvalue weighted by molar-refractivity contribution is 7.10. The number of hydrogen-bond donors (Lipinski definition) is 1. The summed E-state index contributed by atoms with van der Waals surface area (Å²) >= 11 is 1.55. The van der Waals surface area contributed by atoms with E-state index in [2.05, 4.69) is 36.4 Å². The van der Waals surface area contributed by atoms with Crippen LogP contribution in [0.1, 0.15) is 36.7 Å². The van der Waals surface area contributed by atoms with E-state index in [1.165, 1.54) is 0 Å². The SMILES string of the molecule is CCCCn1sc(-c2ccccc2)c(NCc2c(C)nn(C)c2C)c1=O. The molecule has 0 fully saturated rings. The highest BCUT2D eigenvalue weighted by Gasteiger charge is 2.18. The van der Waals surface area contributed by atoms with Crippen molar-refractivity contribution in [2.24, 2.45) is 7.05 Å². The van der Waals surface area contributed by atoms with E-state index in [1.807, 2.05) is 40.8 Å². The lowest BCUT2D eigenvalue weighted by Gasteiger charge is -2.07. The quantitative estimate of drug-likeness (QED) is 0.673. The molecule has 0 aliphatic carbocycles. The Morgan fingerprint density at radius 3 is 2.54 bits per heavy atom. The molecule has 0 spiro atoms. The third kappa shape index (κ3) is 3.60. The summed E-state index contributed by atoms with van der Waals surface area (Å²) in [6.45, 7) is 7.58. The summed E-state index contributed by atoms with van der Waals surface area (Å²) in [5.74, 6) is 0. The van der Waals surface area contributed by atoms with E-state index in [4.69, 9.17) is 0 Å². The Kier molecular flexibility index (Phi) is 5.61. The average Bonchev–Trinajstić information content (AvgIpc) is 3.08. The van der Waals surface area contributed by atoms with Gasteiger partial charge >= 0.3 is 0 Å². The predicted octanol–water partition coefficient (Wildman–Crippen LogP) is 4.34. The first-order valence-electron chi connectivity index (χ1n) is 9.05. The van der Waals surface area contributed by atoms with E-state index >= 15 is 0 Å². The van der Waals surface area contributed by atoms with E-state index in [0.29, 0.717) is 12.2 Å². The highest BCUT2D eigenvalue weighted by atomic mass is 32.1. The van der Waals surface area contributed by atoms with Crippen LogP contribution in [0.2, 0.25) is 0 Å². The molecular formula is C20H26N4OS. The smallest absolute Gasteiger partial charge is 0.284 e. The van der Waals surface area contributed by atoms with Gasteiger partial charge in [0.2, 0.25) is 0 Å². The van der Waals surface area contributed by atoms with Gasteiger partial charge < -0.3 is 5.32 Å². The van der Waals surface area contributed by atoms with Gasteiger partial charge in [-0.3, -0.25) is 13.4 Å². The molecule has 0 amide bonds. The Bertz CT molecular complexity index is 937. The maximum absolute atomic E-state index is 13.0. The number of hydrogen-bond acceptors (Lipinski definition) is 4. The van der Waals surface area contributed by atoms with Crippen molar-refractivity contribution in [2.45, 2.75) is 46.7 Å². The Labute approximate surface area is 158 Å². The predicted molar refractivity (Wildman–Crippen MR) is 109 cm³/mol. The van der Waals surface area contributed by atoms with Gasteiger partial charge in [0.25, 0.3) is 5.56 Å². The van der Waals surface area contributed by atoms with Crippen LogP contribution in [0.5, 0.6) is 0 Å². The summed E-state index contributed by atoms with van der Waals surface area (Å²) in [4.78, 5) is 14.0. The molecule has 0 aliphatic rings. The molecule has 6 heteroatoms. The van der Waals surface area contributed by atoms with Gasteiger partial charge in [0.05, 0.1) is 10.6 Å². The van der Waals surface area contributed by atoms with Crippen molar-refractivity contribution < 1.29 is 0 Å². The molecule has 3 aromatic rings. The van der Waals surface area contributed by atoms with Gasteiger partial charge in [0, 0.05) is 31.4 Å². The van der Waals surface area contributed by atoms with Crippen LogP contribution >= 0.6 is 11.5 Å². The largest absolute Gasteiger partial charge is 0.375 e. The number of anilines is 1. The number of nitrogens with zero attached hydrogens (tertiary/aromatic N) is 3. The van der Waals surface area contributed by atoms with Crippen molar-refractivity contribution in [1.29, 1.82) is 0 Å². The van der Waals surface area contributed by atoms with E-state index < -0.39 is 0 Å². The molecule has 5 nitrogen and oxygen atoms in total. The monoisotopic (exact) mass is 370 g/mol. The second-order valence-electron chi connectivity index (χ2n) is 6.55.